The number of fused-ring (bicyclic) bond motifs is 1. The van der Waals surface area contributed by atoms with Gasteiger partial charge in [-0.1, -0.05) is 12.8 Å². The largest absolute Gasteiger partial charge is 0.376 e. The monoisotopic (exact) mass is 292 g/mol. The molecular formula is C14H20N4OS. The maximum atomic E-state index is 5.84. The first-order chi connectivity index (χ1) is 9.72. The number of aromatic nitrogens is 2. The minimum absolute atomic E-state index is 0.318. The number of hydrogen-bond donors (Lipinski definition) is 2. The molecule has 2 aromatic heterocycles. The second-order valence-electron chi connectivity index (χ2n) is 5.21. The van der Waals surface area contributed by atoms with Crippen molar-refractivity contribution < 1.29 is 4.74 Å². The van der Waals surface area contributed by atoms with Crippen molar-refractivity contribution >= 4 is 33.3 Å². The van der Waals surface area contributed by atoms with Crippen molar-refractivity contribution in [3.63, 3.8) is 0 Å². The molecule has 0 unspecified atom stereocenters. The van der Waals surface area contributed by atoms with Crippen LogP contribution in [-0.4, -0.2) is 29.2 Å². The van der Waals surface area contributed by atoms with Crippen LogP contribution < -0.4 is 11.1 Å². The lowest BCUT2D eigenvalue weighted by atomic mass is 10.3. The number of hydrogen-bond acceptors (Lipinski definition) is 6. The Morgan fingerprint density at radius 3 is 3.00 bits per heavy atom. The van der Waals surface area contributed by atoms with Crippen molar-refractivity contribution in [1.82, 2.24) is 9.97 Å². The molecule has 20 heavy (non-hydrogen) atoms. The first-order valence-corrected chi connectivity index (χ1v) is 7.93. The first-order valence-electron chi connectivity index (χ1n) is 7.11. The highest BCUT2D eigenvalue weighted by Gasteiger charge is 2.15. The van der Waals surface area contributed by atoms with E-state index in [9.17, 15) is 0 Å². The third-order valence-electron chi connectivity index (χ3n) is 3.58. The molecule has 3 rings (SSSR count). The molecule has 0 amide bonds. The summed E-state index contributed by atoms with van der Waals surface area (Å²) in [4.78, 5) is 10.7. The Labute approximate surface area is 122 Å². The zero-order valence-corrected chi connectivity index (χ0v) is 12.5. The highest BCUT2D eigenvalue weighted by molar-refractivity contribution is 7.18. The predicted molar refractivity (Wildman–Crippen MR) is 83.3 cm³/mol. The first kappa shape index (κ1) is 13.6. The molecule has 1 aliphatic rings. The summed E-state index contributed by atoms with van der Waals surface area (Å²) in [5.74, 6) is 1.13. The third kappa shape index (κ3) is 3.02. The van der Waals surface area contributed by atoms with E-state index < -0.39 is 0 Å². The number of aryl methyl sites for hydroxylation is 1. The SMILES string of the molecule is Cc1cc2c(NCCOC3CCCC3)nc(N)nc2s1. The number of nitrogen functional groups attached to an aromatic ring is 1. The molecule has 2 aromatic rings. The van der Waals surface area contributed by atoms with Crippen LogP contribution in [0.5, 0.6) is 0 Å². The third-order valence-corrected chi connectivity index (χ3v) is 4.53. The van der Waals surface area contributed by atoms with Crippen LogP contribution in [0.25, 0.3) is 10.2 Å². The van der Waals surface area contributed by atoms with Gasteiger partial charge in [0, 0.05) is 11.4 Å². The van der Waals surface area contributed by atoms with Crippen molar-refractivity contribution in [2.45, 2.75) is 38.7 Å². The van der Waals surface area contributed by atoms with Gasteiger partial charge in [0.05, 0.1) is 18.1 Å². The van der Waals surface area contributed by atoms with Crippen LogP contribution in [0.3, 0.4) is 0 Å². The Kier molecular flexibility index (Phi) is 4.03. The van der Waals surface area contributed by atoms with E-state index in [0.717, 1.165) is 22.6 Å². The molecule has 0 aliphatic heterocycles. The van der Waals surface area contributed by atoms with Gasteiger partial charge in [0.1, 0.15) is 10.6 Å². The van der Waals surface area contributed by atoms with E-state index in [4.69, 9.17) is 10.5 Å². The van der Waals surface area contributed by atoms with E-state index in [1.807, 2.05) is 0 Å². The Balaban J connectivity index is 1.61. The maximum Gasteiger partial charge on any atom is 0.223 e. The van der Waals surface area contributed by atoms with Gasteiger partial charge in [0.25, 0.3) is 0 Å². The van der Waals surface area contributed by atoms with E-state index in [2.05, 4.69) is 28.3 Å². The Morgan fingerprint density at radius 2 is 2.20 bits per heavy atom. The van der Waals surface area contributed by atoms with E-state index in [1.54, 1.807) is 11.3 Å². The zero-order valence-electron chi connectivity index (χ0n) is 11.7. The van der Waals surface area contributed by atoms with Gasteiger partial charge in [-0.2, -0.15) is 4.98 Å². The number of nitrogens with one attached hydrogen (secondary N) is 1. The Morgan fingerprint density at radius 1 is 1.40 bits per heavy atom. The number of thiophene rings is 1. The smallest absolute Gasteiger partial charge is 0.223 e. The molecule has 0 atom stereocenters. The molecule has 0 radical (unpaired) electrons. The lowest BCUT2D eigenvalue weighted by Crippen LogP contribution is -2.16. The summed E-state index contributed by atoms with van der Waals surface area (Å²) >= 11 is 1.64. The molecule has 6 heteroatoms. The highest BCUT2D eigenvalue weighted by Crippen LogP contribution is 2.28. The number of ether oxygens (including phenoxy) is 1. The molecule has 0 bridgehead atoms. The summed E-state index contributed by atoms with van der Waals surface area (Å²) in [6.07, 6.45) is 5.46. The maximum absolute atomic E-state index is 5.84. The normalized spacial score (nSPS) is 16.1. The Bertz CT molecular complexity index is 592. The fourth-order valence-corrected chi connectivity index (χ4v) is 3.53. The summed E-state index contributed by atoms with van der Waals surface area (Å²) in [6, 6.07) is 2.10. The average Bonchev–Trinajstić information content (AvgIpc) is 3.02. The summed E-state index contributed by atoms with van der Waals surface area (Å²) in [6.45, 7) is 3.52. The predicted octanol–water partition coefficient (Wildman–Crippen LogP) is 2.95. The molecule has 108 valence electrons. The lowest BCUT2D eigenvalue weighted by Gasteiger charge is -2.12. The summed E-state index contributed by atoms with van der Waals surface area (Å²) in [5, 5.41) is 4.36. The van der Waals surface area contributed by atoms with Crippen LogP contribution in [-0.2, 0) is 4.74 Å². The van der Waals surface area contributed by atoms with Gasteiger partial charge in [-0.15, -0.1) is 11.3 Å². The number of nitrogens with zero attached hydrogens (tertiary/aromatic N) is 2. The van der Waals surface area contributed by atoms with Crippen LogP contribution in [0.15, 0.2) is 6.07 Å². The second-order valence-corrected chi connectivity index (χ2v) is 6.45. The quantitative estimate of drug-likeness (QED) is 0.829. The number of anilines is 2. The fourth-order valence-electron chi connectivity index (χ4n) is 2.64. The number of nitrogens with two attached hydrogens (primary N) is 1. The average molecular weight is 292 g/mol. The zero-order chi connectivity index (χ0) is 13.9. The molecule has 0 spiro atoms. The lowest BCUT2D eigenvalue weighted by molar-refractivity contribution is 0.0659. The van der Waals surface area contributed by atoms with E-state index in [1.165, 1.54) is 30.6 Å². The van der Waals surface area contributed by atoms with Gasteiger partial charge in [0.2, 0.25) is 5.95 Å². The molecule has 2 heterocycles. The van der Waals surface area contributed by atoms with Crippen LogP contribution in [0.2, 0.25) is 0 Å². The van der Waals surface area contributed by atoms with Crippen molar-refractivity contribution in [2.24, 2.45) is 0 Å². The van der Waals surface area contributed by atoms with Gasteiger partial charge < -0.3 is 15.8 Å². The van der Waals surface area contributed by atoms with Crippen LogP contribution in [0, 0.1) is 6.92 Å². The second kappa shape index (κ2) is 5.93. The molecular weight excluding hydrogens is 272 g/mol. The van der Waals surface area contributed by atoms with Crippen molar-refractivity contribution in [3.05, 3.63) is 10.9 Å². The fraction of sp³-hybridized carbons (Fsp3) is 0.571. The molecule has 0 saturated heterocycles. The molecule has 1 saturated carbocycles. The molecule has 5 nitrogen and oxygen atoms in total. The summed E-state index contributed by atoms with van der Waals surface area (Å²) in [7, 11) is 0. The molecule has 3 N–H and O–H groups in total. The van der Waals surface area contributed by atoms with Gasteiger partial charge in [-0.25, -0.2) is 4.98 Å². The summed E-state index contributed by atoms with van der Waals surface area (Å²) < 4.78 is 5.84. The minimum Gasteiger partial charge on any atom is -0.376 e. The van der Waals surface area contributed by atoms with Crippen molar-refractivity contribution in [2.75, 3.05) is 24.2 Å². The van der Waals surface area contributed by atoms with Gasteiger partial charge in [-0.05, 0) is 25.8 Å². The summed E-state index contributed by atoms with van der Waals surface area (Å²) in [5.41, 5.74) is 5.75. The standard InChI is InChI=1S/C14H20N4OS/c1-9-8-11-12(17-14(15)18-13(11)20-9)16-6-7-19-10-4-2-3-5-10/h8,10H,2-7H2,1H3,(H3,15,16,17,18). The van der Waals surface area contributed by atoms with Crippen LogP contribution in [0.1, 0.15) is 30.6 Å². The Hall–Kier alpha value is -1.40. The van der Waals surface area contributed by atoms with Gasteiger partial charge in [-0.3, -0.25) is 0 Å². The van der Waals surface area contributed by atoms with Gasteiger partial charge in [0.15, 0.2) is 0 Å². The molecule has 0 aromatic carbocycles. The van der Waals surface area contributed by atoms with Crippen LogP contribution >= 0.6 is 11.3 Å². The minimum atomic E-state index is 0.318. The number of rotatable bonds is 5. The van der Waals surface area contributed by atoms with Crippen molar-refractivity contribution in [3.8, 4) is 0 Å². The van der Waals surface area contributed by atoms with E-state index in [-0.39, 0.29) is 0 Å². The van der Waals surface area contributed by atoms with E-state index >= 15 is 0 Å². The highest BCUT2D eigenvalue weighted by atomic mass is 32.1. The van der Waals surface area contributed by atoms with Gasteiger partial charge >= 0.3 is 0 Å². The van der Waals surface area contributed by atoms with Crippen molar-refractivity contribution in [1.29, 1.82) is 0 Å². The van der Waals surface area contributed by atoms with E-state index in [0.29, 0.717) is 18.7 Å². The van der Waals surface area contributed by atoms with Crippen LogP contribution in [0.4, 0.5) is 11.8 Å². The molecule has 1 aliphatic carbocycles. The topological polar surface area (TPSA) is 73.1 Å². The molecule has 1 fully saturated rings.